The van der Waals surface area contributed by atoms with Crippen LogP contribution in [0.2, 0.25) is 0 Å². The molecule has 0 unspecified atom stereocenters. The molecule has 3 N–H and O–H groups in total. The van der Waals surface area contributed by atoms with Crippen molar-refractivity contribution in [2.24, 2.45) is 0 Å². The van der Waals surface area contributed by atoms with Gasteiger partial charge in [0.15, 0.2) is 5.58 Å². The zero-order valence-corrected chi connectivity index (χ0v) is 19.4. The van der Waals surface area contributed by atoms with E-state index < -0.39 is 18.6 Å². The molecule has 2 aromatic heterocycles. The highest BCUT2D eigenvalue weighted by atomic mass is 19.4. The smallest absolute Gasteiger partial charge is 0.490 e. The summed E-state index contributed by atoms with van der Waals surface area (Å²) in [5.41, 5.74) is 2.12. The van der Waals surface area contributed by atoms with Gasteiger partial charge in [-0.2, -0.15) is 18.2 Å². The molecule has 1 aromatic carbocycles. The van der Waals surface area contributed by atoms with Gasteiger partial charge in [-0.25, -0.2) is 18.6 Å². The number of aliphatic carboxylic acids is 1. The Kier molecular flexibility index (Phi) is 8.33. The topological polar surface area (TPSA) is 112 Å². The van der Waals surface area contributed by atoms with E-state index >= 15 is 0 Å². The summed E-state index contributed by atoms with van der Waals surface area (Å²) in [6, 6.07) is 6.56. The van der Waals surface area contributed by atoms with Crippen LogP contribution in [0.15, 0.2) is 28.7 Å². The molecule has 0 radical (unpaired) electrons. The third-order valence-corrected chi connectivity index (χ3v) is 5.62. The van der Waals surface area contributed by atoms with E-state index in [2.05, 4.69) is 27.1 Å². The number of phenols is 1. The highest BCUT2D eigenvalue weighted by Gasteiger charge is 2.38. The number of hydrogen-bond acceptors (Lipinski definition) is 7. The first-order valence-electron chi connectivity index (χ1n) is 11.1. The van der Waals surface area contributed by atoms with Gasteiger partial charge in [-0.3, -0.25) is 0 Å². The lowest BCUT2D eigenvalue weighted by Crippen LogP contribution is -2.41. The van der Waals surface area contributed by atoms with Gasteiger partial charge in [0.05, 0.1) is 5.69 Å². The van der Waals surface area contributed by atoms with Gasteiger partial charge in [-0.1, -0.05) is 6.92 Å². The number of carboxylic acids is 1. The number of nitrogens with zero attached hydrogens (tertiary/aromatic N) is 3. The lowest BCUT2D eigenvalue weighted by molar-refractivity contribution is -0.192. The fourth-order valence-corrected chi connectivity index (χ4v) is 3.91. The Morgan fingerprint density at radius 3 is 2.56 bits per heavy atom. The minimum absolute atomic E-state index is 0.216. The van der Waals surface area contributed by atoms with E-state index in [1.54, 1.807) is 19.1 Å². The van der Waals surface area contributed by atoms with Crippen LogP contribution in [-0.2, 0) is 4.79 Å². The number of carboxylic acid groups (broad SMARTS) is 1. The number of rotatable bonds is 5. The lowest BCUT2D eigenvalue weighted by Gasteiger charge is -2.31. The molecule has 0 aliphatic carbocycles. The minimum atomic E-state index is -5.08. The van der Waals surface area contributed by atoms with Crippen LogP contribution in [0.1, 0.15) is 37.3 Å². The van der Waals surface area contributed by atoms with Crippen molar-refractivity contribution in [1.29, 1.82) is 0 Å². The molecular formula is C23H25F5N4O4. The fourth-order valence-electron chi connectivity index (χ4n) is 3.91. The first-order chi connectivity index (χ1) is 16.9. The minimum Gasteiger partial charge on any atom is -0.507 e. The number of nitrogens with one attached hydrogen (secondary N) is 1. The van der Waals surface area contributed by atoms with Crippen molar-refractivity contribution < 1.29 is 41.4 Å². The van der Waals surface area contributed by atoms with Crippen LogP contribution in [-0.4, -0.2) is 62.9 Å². The Labute approximate surface area is 202 Å². The molecule has 1 aliphatic rings. The maximum Gasteiger partial charge on any atom is 0.490 e. The average molecular weight is 516 g/mol. The van der Waals surface area contributed by atoms with Gasteiger partial charge >= 0.3 is 12.1 Å². The van der Waals surface area contributed by atoms with Gasteiger partial charge in [0.2, 0.25) is 5.65 Å². The van der Waals surface area contributed by atoms with E-state index in [9.17, 15) is 27.1 Å². The van der Waals surface area contributed by atoms with E-state index in [0.717, 1.165) is 38.5 Å². The van der Waals surface area contributed by atoms with Gasteiger partial charge in [0, 0.05) is 23.7 Å². The number of likely N-dealkylation sites (N-methyl/N-ethyl adjacent to an activating group) is 1. The number of aryl methyl sites for hydroxylation is 1. The van der Waals surface area contributed by atoms with Crippen molar-refractivity contribution in [2.45, 2.75) is 45.3 Å². The number of oxazole rings is 1. The summed E-state index contributed by atoms with van der Waals surface area (Å²) >= 11 is 0. The lowest BCUT2D eigenvalue weighted by atomic mass is 10.0. The fraction of sp³-hybridized carbons (Fsp3) is 0.435. The summed E-state index contributed by atoms with van der Waals surface area (Å²) in [6.45, 7) is 6.89. The van der Waals surface area contributed by atoms with Crippen molar-refractivity contribution in [1.82, 2.24) is 14.9 Å². The quantitative estimate of drug-likeness (QED) is 0.388. The average Bonchev–Trinajstić information content (AvgIpc) is 3.20. The molecule has 1 atom stereocenters. The Morgan fingerprint density at radius 1 is 1.28 bits per heavy atom. The maximum atomic E-state index is 13.0. The van der Waals surface area contributed by atoms with Crippen LogP contribution >= 0.6 is 0 Å². The van der Waals surface area contributed by atoms with Crippen LogP contribution < -0.4 is 5.32 Å². The molecule has 3 aromatic rings. The summed E-state index contributed by atoms with van der Waals surface area (Å²) in [7, 11) is 0. The van der Waals surface area contributed by atoms with Gasteiger partial charge in [0.1, 0.15) is 5.75 Å². The number of benzene rings is 1. The number of likely N-dealkylation sites (tertiary alicyclic amines) is 1. The van der Waals surface area contributed by atoms with Crippen molar-refractivity contribution in [2.75, 3.05) is 25.0 Å². The van der Waals surface area contributed by atoms with E-state index in [0.29, 0.717) is 34.1 Å². The number of pyridine rings is 1. The molecule has 1 saturated heterocycles. The first-order valence-corrected chi connectivity index (χ1v) is 11.1. The standard InChI is InChI=1S/C21H24F2N4O2.C2HF3O2/c1-3-27-8-4-5-14(11-27)24-21-26-20-17(29-21)7-6-15(25-20)18-12(2)9-13(19(22)23)10-16(18)28;3-2(4,5)1(6)7/h6-7,9-10,14,19,28H,3-5,8,11H2,1-2H3,(H,24,25,26);(H,6,7)/t14-;/m1./s1. The van der Waals surface area contributed by atoms with Crippen molar-refractivity contribution in [3.63, 3.8) is 0 Å². The molecule has 36 heavy (non-hydrogen) atoms. The largest absolute Gasteiger partial charge is 0.507 e. The van der Waals surface area contributed by atoms with Crippen molar-refractivity contribution in [3.8, 4) is 17.0 Å². The second-order valence-electron chi connectivity index (χ2n) is 8.25. The number of phenolic OH excluding ortho intramolecular Hbond substituents is 1. The Morgan fingerprint density at radius 2 is 1.97 bits per heavy atom. The molecule has 0 amide bonds. The van der Waals surface area contributed by atoms with Gasteiger partial charge in [0.25, 0.3) is 12.4 Å². The van der Waals surface area contributed by atoms with Crippen LogP contribution in [0, 0.1) is 6.92 Å². The number of carbonyl (C=O) groups is 1. The molecule has 1 fully saturated rings. The molecule has 0 spiro atoms. The van der Waals surface area contributed by atoms with Crippen LogP contribution in [0.3, 0.4) is 0 Å². The molecule has 196 valence electrons. The van der Waals surface area contributed by atoms with Gasteiger partial charge < -0.3 is 24.8 Å². The maximum absolute atomic E-state index is 13.0. The van der Waals surface area contributed by atoms with E-state index in [1.807, 2.05) is 0 Å². The van der Waals surface area contributed by atoms with Crippen LogP contribution in [0.25, 0.3) is 22.5 Å². The molecule has 1 aliphatic heterocycles. The number of halogens is 5. The predicted octanol–water partition coefficient (Wildman–Crippen LogP) is 5.37. The third kappa shape index (κ3) is 6.59. The Bertz CT molecular complexity index is 1190. The summed E-state index contributed by atoms with van der Waals surface area (Å²) in [6.07, 6.45) is -5.55. The molecule has 0 saturated carbocycles. The summed E-state index contributed by atoms with van der Waals surface area (Å²) in [5, 5.41) is 20.8. The highest BCUT2D eigenvalue weighted by molar-refractivity contribution is 5.78. The molecule has 3 heterocycles. The predicted molar refractivity (Wildman–Crippen MR) is 121 cm³/mol. The summed E-state index contributed by atoms with van der Waals surface area (Å²) < 4.78 is 63.4. The monoisotopic (exact) mass is 516 g/mol. The number of alkyl halides is 5. The number of hydrogen-bond donors (Lipinski definition) is 3. The number of aromatic hydroxyl groups is 1. The molecule has 13 heteroatoms. The molecular weight excluding hydrogens is 491 g/mol. The van der Waals surface area contributed by atoms with E-state index in [1.165, 1.54) is 6.07 Å². The Hall–Kier alpha value is -3.48. The van der Waals surface area contributed by atoms with E-state index in [4.69, 9.17) is 14.3 Å². The SMILES string of the molecule is CCN1CCC[C@@H](Nc2nc3nc(-c4c(C)cc(C(F)F)cc4O)ccc3o2)C1.O=C(O)C(F)(F)F. The number of piperidine rings is 1. The first kappa shape index (κ1) is 27.1. The van der Waals surface area contributed by atoms with E-state index in [-0.39, 0.29) is 17.4 Å². The van der Waals surface area contributed by atoms with Crippen molar-refractivity contribution in [3.05, 3.63) is 35.4 Å². The molecule has 4 rings (SSSR count). The molecule has 0 bridgehead atoms. The normalized spacial score (nSPS) is 16.6. The number of fused-ring (bicyclic) bond motifs is 1. The molecule has 8 nitrogen and oxygen atoms in total. The zero-order valence-electron chi connectivity index (χ0n) is 19.4. The number of aromatic nitrogens is 2. The van der Waals surface area contributed by atoms with Gasteiger partial charge in [-0.15, -0.1) is 0 Å². The Balaban J connectivity index is 0.000000454. The number of anilines is 1. The second kappa shape index (κ2) is 11.1. The van der Waals surface area contributed by atoms with Crippen LogP contribution in [0.5, 0.6) is 5.75 Å². The third-order valence-electron chi connectivity index (χ3n) is 5.62. The zero-order chi connectivity index (χ0) is 26.6. The summed E-state index contributed by atoms with van der Waals surface area (Å²) in [4.78, 5) is 20.2. The highest BCUT2D eigenvalue weighted by Crippen LogP contribution is 2.36. The summed E-state index contributed by atoms with van der Waals surface area (Å²) in [5.74, 6) is -2.98. The van der Waals surface area contributed by atoms with Crippen LogP contribution in [0.4, 0.5) is 28.0 Å². The second-order valence-corrected chi connectivity index (χ2v) is 8.25. The van der Waals surface area contributed by atoms with Gasteiger partial charge in [-0.05, 0) is 62.7 Å². The van der Waals surface area contributed by atoms with Crippen molar-refractivity contribution >= 4 is 23.2 Å².